The highest BCUT2D eigenvalue weighted by Crippen LogP contribution is 2.29. The predicted molar refractivity (Wildman–Crippen MR) is 123 cm³/mol. The average Bonchev–Trinajstić information content (AvgIpc) is 3.17. The Balaban J connectivity index is 1.89. The Kier molecular flexibility index (Phi) is 7.40. The third-order valence-corrected chi connectivity index (χ3v) is 8.42. The second kappa shape index (κ2) is 9.87. The van der Waals surface area contributed by atoms with E-state index in [4.69, 9.17) is 4.42 Å². The number of nitrogens with one attached hydrogen (secondary N) is 1. The van der Waals surface area contributed by atoms with Crippen molar-refractivity contribution >= 4 is 25.6 Å². The molecule has 2 aromatic carbocycles. The number of aryl methyl sites for hydroxylation is 3. The summed E-state index contributed by atoms with van der Waals surface area (Å²) in [5.74, 6) is -0.137. The largest absolute Gasteiger partial charge is 0.424 e. The maximum atomic E-state index is 13.2. The normalized spacial score (nSPS) is 12.1. The second-order valence-electron chi connectivity index (χ2n) is 7.72. The summed E-state index contributed by atoms with van der Waals surface area (Å²) in [6, 6.07) is 13.1. The van der Waals surface area contributed by atoms with Gasteiger partial charge in [0, 0.05) is 13.0 Å². The minimum Gasteiger partial charge on any atom is -0.424 e. The van der Waals surface area contributed by atoms with E-state index >= 15 is 0 Å². The first kappa shape index (κ1) is 24.0. The van der Waals surface area contributed by atoms with Crippen molar-refractivity contribution in [3.8, 4) is 0 Å². The Labute approximate surface area is 189 Å². The van der Waals surface area contributed by atoms with Crippen molar-refractivity contribution in [1.29, 1.82) is 0 Å². The summed E-state index contributed by atoms with van der Waals surface area (Å²) in [5.41, 5.74) is 1.90. The van der Waals surface area contributed by atoms with Gasteiger partial charge < -0.3 is 9.73 Å². The topological polar surface area (TPSA) is 106 Å². The van der Waals surface area contributed by atoms with Crippen LogP contribution in [0.4, 0.5) is 5.88 Å². The number of oxazole rings is 1. The van der Waals surface area contributed by atoms with E-state index in [0.717, 1.165) is 24.0 Å². The van der Waals surface area contributed by atoms with Crippen molar-refractivity contribution in [3.63, 3.8) is 0 Å². The van der Waals surface area contributed by atoms with E-state index in [-0.39, 0.29) is 38.8 Å². The van der Waals surface area contributed by atoms with Crippen LogP contribution >= 0.6 is 0 Å². The van der Waals surface area contributed by atoms with Crippen LogP contribution in [0.25, 0.3) is 0 Å². The van der Waals surface area contributed by atoms with Gasteiger partial charge in [-0.3, -0.25) is 0 Å². The zero-order valence-electron chi connectivity index (χ0n) is 18.5. The molecule has 0 bridgehead atoms. The first-order chi connectivity index (χ1) is 15.1. The lowest BCUT2D eigenvalue weighted by atomic mass is 10.2. The summed E-state index contributed by atoms with van der Waals surface area (Å²) in [6.07, 6.45) is 1.70. The van der Waals surface area contributed by atoms with Crippen LogP contribution in [0.1, 0.15) is 36.8 Å². The monoisotopic (exact) mass is 476 g/mol. The van der Waals surface area contributed by atoms with Crippen LogP contribution in [-0.4, -0.2) is 34.1 Å². The maximum absolute atomic E-state index is 13.2. The van der Waals surface area contributed by atoms with E-state index in [1.54, 1.807) is 36.4 Å². The Morgan fingerprint density at radius 3 is 2.00 bits per heavy atom. The maximum Gasteiger partial charge on any atom is 0.233 e. The van der Waals surface area contributed by atoms with Crippen molar-refractivity contribution < 1.29 is 21.3 Å². The number of nitrogens with zero attached hydrogens (tertiary/aromatic N) is 1. The average molecular weight is 477 g/mol. The van der Waals surface area contributed by atoms with E-state index in [1.807, 2.05) is 20.8 Å². The molecule has 0 saturated carbocycles. The molecule has 1 N–H and O–H groups in total. The molecule has 3 rings (SSSR count). The van der Waals surface area contributed by atoms with Gasteiger partial charge in [0.2, 0.25) is 20.7 Å². The minimum absolute atomic E-state index is 0.0396. The standard InChI is InChI=1S/C23H28N2O5S2/c1-4-5-15-24-22-23(32(28,29)20-12-8-18(3)9-13-20)25-21(30-22)14-16-31(26,27)19-10-6-17(2)7-11-19/h6-13,24H,4-5,14-16H2,1-3H3. The molecular weight excluding hydrogens is 448 g/mol. The van der Waals surface area contributed by atoms with Crippen molar-refractivity contribution in [2.45, 2.75) is 54.9 Å². The number of anilines is 1. The van der Waals surface area contributed by atoms with E-state index in [2.05, 4.69) is 10.3 Å². The van der Waals surface area contributed by atoms with Crippen LogP contribution in [-0.2, 0) is 26.1 Å². The van der Waals surface area contributed by atoms with Crippen molar-refractivity contribution in [3.05, 3.63) is 65.5 Å². The third kappa shape index (κ3) is 5.58. The smallest absolute Gasteiger partial charge is 0.233 e. The summed E-state index contributed by atoms with van der Waals surface area (Å²) in [6.45, 7) is 6.29. The van der Waals surface area contributed by atoms with Gasteiger partial charge >= 0.3 is 0 Å². The molecule has 32 heavy (non-hydrogen) atoms. The second-order valence-corrected chi connectivity index (χ2v) is 11.7. The quantitative estimate of drug-likeness (QED) is 0.434. The van der Waals surface area contributed by atoms with Gasteiger partial charge in [-0.1, -0.05) is 48.7 Å². The molecule has 0 aliphatic heterocycles. The molecule has 0 saturated heterocycles. The fraction of sp³-hybridized carbons (Fsp3) is 0.348. The number of hydrogen-bond donors (Lipinski definition) is 1. The van der Waals surface area contributed by atoms with Crippen LogP contribution in [0, 0.1) is 13.8 Å². The lowest BCUT2D eigenvalue weighted by molar-refractivity contribution is 0.508. The summed E-state index contributed by atoms with van der Waals surface area (Å²) in [7, 11) is -7.49. The third-order valence-electron chi connectivity index (χ3n) is 5.01. The van der Waals surface area contributed by atoms with Gasteiger partial charge in [-0.2, -0.15) is 4.98 Å². The van der Waals surface area contributed by atoms with Crippen LogP contribution in [0.2, 0.25) is 0 Å². The Morgan fingerprint density at radius 2 is 1.44 bits per heavy atom. The summed E-state index contributed by atoms with van der Waals surface area (Å²) in [4.78, 5) is 4.51. The van der Waals surface area contributed by atoms with Crippen molar-refractivity contribution in [1.82, 2.24) is 4.98 Å². The van der Waals surface area contributed by atoms with Crippen LogP contribution < -0.4 is 5.32 Å². The molecular formula is C23H28N2O5S2. The highest BCUT2D eigenvalue weighted by Gasteiger charge is 2.28. The molecule has 1 heterocycles. The molecule has 0 spiro atoms. The molecule has 0 aliphatic carbocycles. The number of hydrogen-bond acceptors (Lipinski definition) is 7. The van der Waals surface area contributed by atoms with Gasteiger partial charge in [0.05, 0.1) is 15.5 Å². The number of benzene rings is 2. The molecule has 0 amide bonds. The molecule has 0 aliphatic rings. The van der Waals surface area contributed by atoms with Gasteiger partial charge in [0.25, 0.3) is 0 Å². The SMILES string of the molecule is CCCCNc1oc(CCS(=O)(=O)c2ccc(C)cc2)nc1S(=O)(=O)c1ccc(C)cc1. The summed E-state index contributed by atoms with van der Waals surface area (Å²) < 4.78 is 57.4. The predicted octanol–water partition coefficient (Wildman–Crippen LogP) is 4.35. The van der Waals surface area contributed by atoms with Crippen LogP contribution in [0.5, 0.6) is 0 Å². The molecule has 0 fully saturated rings. The highest BCUT2D eigenvalue weighted by molar-refractivity contribution is 7.91. The van der Waals surface area contributed by atoms with Crippen LogP contribution in [0.3, 0.4) is 0 Å². The fourth-order valence-electron chi connectivity index (χ4n) is 3.04. The van der Waals surface area contributed by atoms with E-state index in [1.165, 1.54) is 12.1 Å². The van der Waals surface area contributed by atoms with Gasteiger partial charge in [-0.25, -0.2) is 16.8 Å². The number of rotatable bonds is 10. The van der Waals surface area contributed by atoms with E-state index in [0.29, 0.717) is 6.54 Å². The summed E-state index contributed by atoms with van der Waals surface area (Å²) >= 11 is 0. The zero-order chi connectivity index (χ0) is 23.4. The molecule has 9 heteroatoms. The Morgan fingerprint density at radius 1 is 0.875 bits per heavy atom. The van der Waals surface area contributed by atoms with Gasteiger partial charge in [-0.15, -0.1) is 0 Å². The molecule has 0 atom stereocenters. The molecule has 7 nitrogen and oxygen atoms in total. The minimum atomic E-state index is -3.93. The Bertz CT molecular complexity index is 1260. The molecule has 1 aromatic heterocycles. The molecule has 3 aromatic rings. The van der Waals surface area contributed by atoms with E-state index < -0.39 is 19.7 Å². The van der Waals surface area contributed by atoms with E-state index in [9.17, 15) is 16.8 Å². The lowest BCUT2D eigenvalue weighted by Crippen LogP contribution is -2.10. The van der Waals surface area contributed by atoms with Gasteiger partial charge in [0.1, 0.15) is 0 Å². The fourth-order valence-corrected chi connectivity index (χ4v) is 5.57. The summed E-state index contributed by atoms with van der Waals surface area (Å²) in [5, 5.41) is 2.78. The van der Waals surface area contributed by atoms with Crippen LogP contribution in [0.15, 0.2) is 67.8 Å². The Hall–Kier alpha value is -2.65. The number of sulfone groups is 2. The molecule has 0 unspecified atom stereocenters. The van der Waals surface area contributed by atoms with Crippen molar-refractivity contribution in [2.24, 2.45) is 0 Å². The lowest BCUT2D eigenvalue weighted by Gasteiger charge is -2.05. The number of aromatic nitrogens is 1. The number of unbranched alkanes of at least 4 members (excludes halogenated alkanes) is 1. The zero-order valence-corrected chi connectivity index (χ0v) is 20.1. The first-order valence-electron chi connectivity index (χ1n) is 10.5. The van der Waals surface area contributed by atoms with Gasteiger partial charge in [0.15, 0.2) is 15.7 Å². The highest BCUT2D eigenvalue weighted by atomic mass is 32.2. The molecule has 172 valence electrons. The van der Waals surface area contributed by atoms with Gasteiger partial charge in [-0.05, 0) is 44.5 Å². The molecule has 0 radical (unpaired) electrons. The van der Waals surface area contributed by atoms with Crippen molar-refractivity contribution in [2.75, 3.05) is 17.6 Å². The first-order valence-corrected chi connectivity index (χ1v) is 13.6.